The van der Waals surface area contributed by atoms with Crippen molar-refractivity contribution in [3.63, 3.8) is 0 Å². The maximum absolute atomic E-state index is 12.3. The number of methoxy groups -OCH3 is 2. The molecule has 3 rings (SSSR count). The zero-order valence-corrected chi connectivity index (χ0v) is 19.1. The van der Waals surface area contributed by atoms with E-state index in [-0.39, 0.29) is 18.4 Å². The van der Waals surface area contributed by atoms with E-state index in [1.165, 1.54) is 32.6 Å². The minimum atomic E-state index is -0.350. The Morgan fingerprint density at radius 1 is 1.00 bits per heavy atom. The highest BCUT2D eigenvalue weighted by atomic mass is 16.5. The summed E-state index contributed by atoms with van der Waals surface area (Å²) in [5.74, 6) is 1.18. The zero-order valence-electron chi connectivity index (χ0n) is 19.1. The Bertz CT molecular complexity index is 914. The lowest BCUT2D eigenvalue weighted by Gasteiger charge is -2.30. The number of rotatable bonds is 9. The maximum atomic E-state index is 12.3. The summed E-state index contributed by atoms with van der Waals surface area (Å²) in [4.78, 5) is 27.0. The van der Waals surface area contributed by atoms with Crippen LogP contribution in [0.2, 0.25) is 0 Å². The average Bonchev–Trinajstić information content (AvgIpc) is 2.81. The van der Waals surface area contributed by atoms with E-state index in [0.717, 1.165) is 31.1 Å². The van der Waals surface area contributed by atoms with Crippen molar-refractivity contribution in [3.8, 4) is 11.5 Å². The Labute approximate surface area is 190 Å². The van der Waals surface area contributed by atoms with Crippen LogP contribution in [-0.2, 0) is 17.9 Å². The average molecular weight is 440 g/mol. The number of benzene rings is 2. The Morgan fingerprint density at radius 2 is 1.72 bits per heavy atom. The Balaban J connectivity index is 1.42. The molecule has 1 unspecified atom stereocenters. The highest BCUT2D eigenvalue weighted by Gasteiger charge is 2.16. The quantitative estimate of drug-likeness (QED) is 0.628. The molecule has 32 heavy (non-hydrogen) atoms. The van der Waals surface area contributed by atoms with Crippen molar-refractivity contribution in [2.24, 2.45) is 5.92 Å². The molecule has 1 aliphatic heterocycles. The molecule has 1 fully saturated rings. The van der Waals surface area contributed by atoms with Crippen LogP contribution >= 0.6 is 0 Å². The summed E-state index contributed by atoms with van der Waals surface area (Å²) in [5.41, 5.74) is 2.71. The summed E-state index contributed by atoms with van der Waals surface area (Å²) in [5, 5.41) is 5.47. The first kappa shape index (κ1) is 23.6. The van der Waals surface area contributed by atoms with Crippen LogP contribution < -0.4 is 20.1 Å². The molecule has 2 aromatic carbocycles. The third kappa shape index (κ3) is 6.72. The second kappa shape index (κ2) is 11.5. The van der Waals surface area contributed by atoms with Crippen LogP contribution in [0.5, 0.6) is 11.5 Å². The molecule has 1 saturated heterocycles. The maximum Gasteiger partial charge on any atom is 0.251 e. The molecule has 1 heterocycles. The van der Waals surface area contributed by atoms with E-state index in [0.29, 0.717) is 23.6 Å². The highest BCUT2D eigenvalue weighted by Crippen LogP contribution is 2.27. The summed E-state index contributed by atoms with van der Waals surface area (Å²) in [6, 6.07) is 13.2. The number of nitrogens with one attached hydrogen (secondary N) is 2. The number of hydrogen-bond donors (Lipinski definition) is 2. The first-order valence-electron chi connectivity index (χ1n) is 11.1. The van der Waals surface area contributed by atoms with Gasteiger partial charge in [-0.25, -0.2) is 0 Å². The molecule has 1 atom stereocenters. The fourth-order valence-corrected chi connectivity index (χ4v) is 3.95. The SMILES string of the molecule is COc1ccc(C(=O)NCC(=O)NCc2ccc(CN3CCCC(C)C3)cc2)cc1OC. The van der Waals surface area contributed by atoms with Crippen molar-refractivity contribution < 1.29 is 19.1 Å². The predicted octanol–water partition coefficient (Wildman–Crippen LogP) is 2.98. The summed E-state index contributed by atoms with van der Waals surface area (Å²) < 4.78 is 10.4. The van der Waals surface area contributed by atoms with Crippen molar-refractivity contribution in [2.75, 3.05) is 33.9 Å². The van der Waals surface area contributed by atoms with Crippen LogP contribution in [0.4, 0.5) is 0 Å². The standard InChI is InChI=1S/C25H33N3O4/c1-18-5-4-12-28(16-18)17-20-8-6-19(7-9-20)14-26-24(29)15-27-25(30)21-10-11-22(31-2)23(13-21)32-3/h6-11,13,18H,4-5,12,14-17H2,1-3H3,(H,26,29)(H,27,30). The van der Waals surface area contributed by atoms with Crippen LogP contribution in [0.25, 0.3) is 0 Å². The summed E-state index contributed by atoms with van der Waals surface area (Å²) >= 11 is 0. The fraction of sp³-hybridized carbons (Fsp3) is 0.440. The smallest absolute Gasteiger partial charge is 0.251 e. The van der Waals surface area contributed by atoms with E-state index < -0.39 is 0 Å². The second-order valence-electron chi connectivity index (χ2n) is 8.33. The molecule has 172 valence electrons. The Morgan fingerprint density at radius 3 is 2.41 bits per heavy atom. The first-order chi connectivity index (χ1) is 15.5. The van der Waals surface area contributed by atoms with Gasteiger partial charge in [-0.15, -0.1) is 0 Å². The van der Waals surface area contributed by atoms with E-state index in [2.05, 4.69) is 34.6 Å². The molecular weight excluding hydrogens is 406 g/mol. The van der Waals surface area contributed by atoms with Gasteiger partial charge in [0.15, 0.2) is 11.5 Å². The van der Waals surface area contributed by atoms with Gasteiger partial charge in [-0.2, -0.15) is 0 Å². The largest absolute Gasteiger partial charge is 0.493 e. The van der Waals surface area contributed by atoms with Gasteiger partial charge in [-0.1, -0.05) is 31.2 Å². The summed E-state index contributed by atoms with van der Waals surface area (Å²) in [7, 11) is 3.04. The molecule has 2 N–H and O–H groups in total. The third-order valence-electron chi connectivity index (χ3n) is 5.72. The second-order valence-corrected chi connectivity index (χ2v) is 8.33. The van der Waals surface area contributed by atoms with Crippen LogP contribution in [0.1, 0.15) is 41.3 Å². The molecule has 0 radical (unpaired) electrons. The van der Waals surface area contributed by atoms with Crippen molar-refractivity contribution in [3.05, 3.63) is 59.2 Å². The first-order valence-corrected chi connectivity index (χ1v) is 11.1. The van der Waals surface area contributed by atoms with Gasteiger partial charge in [-0.3, -0.25) is 14.5 Å². The fourth-order valence-electron chi connectivity index (χ4n) is 3.95. The van der Waals surface area contributed by atoms with E-state index in [9.17, 15) is 9.59 Å². The lowest BCUT2D eigenvalue weighted by Crippen LogP contribution is -2.36. The van der Waals surface area contributed by atoms with Gasteiger partial charge in [0.1, 0.15) is 0 Å². The summed E-state index contributed by atoms with van der Waals surface area (Å²) in [6.45, 7) is 5.93. The topological polar surface area (TPSA) is 79.9 Å². The molecule has 7 nitrogen and oxygen atoms in total. The molecule has 2 amide bonds. The molecule has 7 heteroatoms. The molecule has 0 spiro atoms. The zero-order chi connectivity index (χ0) is 22.9. The highest BCUT2D eigenvalue weighted by molar-refractivity contribution is 5.97. The van der Waals surface area contributed by atoms with E-state index in [1.54, 1.807) is 18.2 Å². The predicted molar refractivity (Wildman–Crippen MR) is 124 cm³/mol. The van der Waals surface area contributed by atoms with Crippen LogP contribution in [0, 0.1) is 5.92 Å². The minimum absolute atomic E-state index is 0.0988. The van der Waals surface area contributed by atoms with Crippen molar-refractivity contribution in [1.29, 1.82) is 0 Å². The molecule has 0 saturated carbocycles. The molecule has 0 aromatic heterocycles. The molecule has 2 aromatic rings. The van der Waals surface area contributed by atoms with Crippen molar-refractivity contribution in [1.82, 2.24) is 15.5 Å². The lowest BCUT2D eigenvalue weighted by molar-refractivity contribution is -0.120. The van der Waals surface area contributed by atoms with E-state index in [4.69, 9.17) is 9.47 Å². The van der Waals surface area contributed by atoms with Gasteiger partial charge in [0.2, 0.25) is 5.91 Å². The van der Waals surface area contributed by atoms with Crippen LogP contribution in [0.3, 0.4) is 0 Å². The number of nitrogens with zero attached hydrogens (tertiary/aromatic N) is 1. The third-order valence-corrected chi connectivity index (χ3v) is 5.72. The Hall–Kier alpha value is -3.06. The van der Waals surface area contributed by atoms with Gasteiger partial charge in [0.25, 0.3) is 5.91 Å². The molecule has 0 aliphatic carbocycles. The van der Waals surface area contributed by atoms with Gasteiger partial charge in [0.05, 0.1) is 20.8 Å². The number of piperidine rings is 1. The number of ether oxygens (including phenoxy) is 2. The normalized spacial score (nSPS) is 16.3. The van der Waals surface area contributed by atoms with Gasteiger partial charge >= 0.3 is 0 Å². The van der Waals surface area contributed by atoms with Gasteiger partial charge < -0.3 is 20.1 Å². The van der Waals surface area contributed by atoms with Crippen molar-refractivity contribution >= 4 is 11.8 Å². The van der Waals surface area contributed by atoms with E-state index in [1.807, 2.05) is 12.1 Å². The van der Waals surface area contributed by atoms with Gasteiger partial charge in [-0.05, 0) is 54.6 Å². The molecular formula is C25H33N3O4. The molecule has 1 aliphatic rings. The monoisotopic (exact) mass is 439 g/mol. The van der Waals surface area contributed by atoms with Gasteiger partial charge in [0, 0.05) is 25.2 Å². The lowest BCUT2D eigenvalue weighted by atomic mass is 9.99. The molecule has 0 bridgehead atoms. The van der Waals surface area contributed by atoms with Crippen LogP contribution in [-0.4, -0.2) is 50.6 Å². The number of carbonyl (C=O) groups excluding carboxylic acids is 2. The van der Waals surface area contributed by atoms with E-state index >= 15 is 0 Å². The number of amides is 2. The van der Waals surface area contributed by atoms with Crippen molar-refractivity contribution in [2.45, 2.75) is 32.9 Å². The van der Waals surface area contributed by atoms with Crippen LogP contribution in [0.15, 0.2) is 42.5 Å². The summed E-state index contributed by atoms with van der Waals surface area (Å²) in [6.07, 6.45) is 2.59. The minimum Gasteiger partial charge on any atom is -0.493 e. The number of likely N-dealkylation sites (tertiary alicyclic amines) is 1. The Kier molecular flexibility index (Phi) is 8.50. The number of hydrogen-bond acceptors (Lipinski definition) is 5. The number of carbonyl (C=O) groups is 2.